The van der Waals surface area contributed by atoms with Gasteiger partial charge in [-0.05, 0) is 41.7 Å². The Kier molecular flexibility index (Phi) is 4.92. The molecule has 1 atom stereocenters. The van der Waals surface area contributed by atoms with Crippen molar-refractivity contribution in [2.24, 2.45) is 4.99 Å². The molecule has 0 spiro atoms. The van der Waals surface area contributed by atoms with Crippen molar-refractivity contribution in [1.29, 1.82) is 0 Å². The van der Waals surface area contributed by atoms with Gasteiger partial charge in [0.2, 0.25) is 0 Å². The Morgan fingerprint density at radius 3 is 2.90 bits per heavy atom. The number of aromatic nitrogens is 2. The molecule has 2 aromatic heterocycles. The summed E-state index contributed by atoms with van der Waals surface area (Å²) in [7, 11) is 5.18. The number of nitrogens with zero attached hydrogens (tertiary/aromatic N) is 3. The van der Waals surface area contributed by atoms with Crippen molar-refractivity contribution in [2.45, 2.75) is 31.4 Å². The fraction of sp³-hybridized carbons (Fsp3) is 0.409. The summed E-state index contributed by atoms with van der Waals surface area (Å²) in [4.78, 5) is 15.8. The molecule has 7 nitrogen and oxygen atoms in total. The van der Waals surface area contributed by atoms with E-state index in [4.69, 9.17) is 14.2 Å². The maximum absolute atomic E-state index is 5.87. The molecule has 2 aliphatic rings. The van der Waals surface area contributed by atoms with Crippen LogP contribution < -0.4 is 10.1 Å². The monoisotopic (exact) mass is 424 g/mol. The maximum atomic E-state index is 5.87. The van der Waals surface area contributed by atoms with E-state index >= 15 is 0 Å². The van der Waals surface area contributed by atoms with Gasteiger partial charge in [0.1, 0.15) is 22.7 Å². The van der Waals surface area contributed by atoms with Crippen LogP contribution in [-0.2, 0) is 28.9 Å². The van der Waals surface area contributed by atoms with E-state index in [2.05, 4.69) is 26.3 Å². The highest BCUT2D eigenvalue weighted by molar-refractivity contribution is 7.19. The molecule has 0 bridgehead atoms. The first kappa shape index (κ1) is 19.4. The van der Waals surface area contributed by atoms with Crippen LogP contribution in [0.4, 0.5) is 11.5 Å². The lowest BCUT2D eigenvalue weighted by molar-refractivity contribution is -0.0714. The smallest absolute Gasteiger partial charge is 0.142 e. The second kappa shape index (κ2) is 7.61. The van der Waals surface area contributed by atoms with Crippen molar-refractivity contribution in [3.63, 3.8) is 0 Å². The van der Waals surface area contributed by atoms with Crippen LogP contribution in [0.1, 0.15) is 28.0 Å². The highest BCUT2D eigenvalue weighted by Gasteiger charge is 2.37. The molecule has 1 N–H and O–H groups in total. The Morgan fingerprint density at radius 2 is 2.10 bits per heavy atom. The molecule has 1 aliphatic carbocycles. The van der Waals surface area contributed by atoms with Crippen LogP contribution in [0.15, 0.2) is 23.5 Å². The largest absolute Gasteiger partial charge is 0.495 e. The summed E-state index contributed by atoms with van der Waals surface area (Å²) in [6.45, 7) is 1.28. The number of rotatable bonds is 6. The second-order valence-electron chi connectivity index (χ2n) is 7.75. The molecule has 1 aromatic carbocycles. The molecule has 8 heteroatoms. The van der Waals surface area contributed by atoms with Crippen molar-refractivity contribution in [2.75, 3.05) is 33.3 Å². The van der Waals surface area contributed by atoms with Crippen LogP contribution >= 0.6 is 11.3 Å². The minimum absolute atomic E-state index is 0.272. The van der Waals surface area contributed by atoms with Gasteiger partial charge in [-0.3, -0.25) is 4.99 Å². The molecule has 0 radical (unpaired) electrons. The summed E-state index contributed by atoms with van der Waals surface area (Å²) < 4.78 is 16.9. The van der Waals surface area contributed by atoms with E-state index in [9.17, 15) is 0 Å². The van der Waals surface area contributed by atoms with Crippen LogP contribution in [0.2, 0.25) is 0 Å². The number of benzene rings is 1. The van der Waals surface area contributed by atoms with E-state index in [-0.39, 0.29) is 5.60 Å². The first-order valence-electron chi connectivity index (χ1n) is 9.93. The molecular formula is C22H24N4O3S. The molecule has 0 fully saturated rings. The quantitative estimate of drug-likeness (QED) is 0.647. The zero-order valence-corrected chi connectivity index (χ0v) is 18.1. The van der Waals surface area contributed by atoms with Gasteiger partial charge in [0.25, 0.3) is 0 Å². The van der Waals surface area contributed by atoms with Crippen LogP contribution in [0, 0.1) is 0 Å². The van der Waals surface area contributed by atoms with Gasteiger partial charge < -0.3 is 19.5 Å². The number of ether oxygens (including phenoxy) is 3. The van der Waals surface area contributed by atoms with E-state index in [0.717, 1.165) is 52.3 Å². The van der Waals surface area contributed by atoms with Gasteiger partial charge in [0.05, 0.1) is 36.9 Å². The number of methoxy groups -OCH3 is 3. The lowest BCUT2D eigenvalue weighted by Crippen LogP contribution is -2.41. The molecule has 3 heterocycles. The summed E-state index contributed by atoms with van der Waals surface area (Å²) in [6.07, 6.45) is 6.16. The Hall–Kier alpha value is -2.55. The number of hydrogen-bond acceptors (Lipinski definition) is 8. The van der Waals surface area contributed by atoms with E-state index in [0.29, 0.717) is 13.2 Å². The van der Waals surface area contributed by atoms with Gasteiger partial charge in [-0.25, -0.2) is 9.97 Å². The first-order chi connectivity index (χ1) is 14.7. The molecular weight excluding hydrogens is 400 g/mol. The third-order valence-electron chi connectivity index (χ3n) is 6.03. The van der Waals surface area contributed by atoms with E-state index in [1.165, 1.54) is 16.0 Å². The number of aryl methyl sites for hydroxylation is 1. The van der Waals surface area contributed by atoms with Gasteiger partial charge >= 0.3 is 0 Å². The molecule has 3 aromatic rings. The fourth-order valence-corrected chi connectivity index (χ4v) is 5.74. The molecule has 1 aliphatic heterocycles. The van der Waals surface area contributed by atoms with E-state index in [1.807, 2.05) is 12.3 Å². The van der Waals surface area contributed by atoms with Gasteiger partial charge in [-0.1, -0.05) is 0 Å². The Bertz CT molecular complexity index is 1140. The Balaban J connectivity index is 1.56. The third kappa shape index (κ3) is 3.15. The van der Waals surface area contributed by atoms with E-state index < -0.39 is 0 Å². The number of hydrogen-bond donors (Lipinski definition) is 1. The summed E-state index contributed by atoms with van der Waals surface area (Å²) in [6, 6.07) is 4.12. The number of fused-ring (bicyclic) bond motifs is 4. The summed E-state index contributed by atoms with van der Waals surface area (Å²) >= 11 is 1.72. The number of nitrogens with one attached hydrogen (secondary N) is 1. The topological polar surface area (TPSA) is 77.9 Å². The van der Waals surface area contributed by atoms with Crippen LogP contribution in [0.25, 0.3) is 10.2 Å². The van der Waals surface area contributed by atoms with Crippen molar-refractivity contribution in [1.82, 2.24) is 9.97 Å². The zero-order chi connectivity index (χ0) is 20.7. The van der Waals surface area contributed by atoms with Crippen molar-refractivity contribution in [3.8, 4) is 5.75 Å². The van der Waals surface area contributed by atoms with Crippen LogP contribution in [0.3, 0.4) is 0 Å². The van der Waals surface area contributed by atoms with Crippen molar-refractivity contribution < 1.29 is 14.2 Å². The Morgan fingerprint density at radius 1 is 1.20 bits per heavy atom. The van der Waals surface area contributed by atoms with Gasteiger partial charge in [-0.2, -0.15) is 0 Å². The predicted octanol–water partition coefficient (Wildman–Crippen LogP) is 3.90. The SMILES string of the molecule is COC[C@@]1(OC)CCc2c(sc3ncnc(Nc4cc5c(cc4OC)CN=C5)c23)C1. The zero-order valence-electron chi connectivity index (χ0n) is 17.3. The average molecular weight is 425 g/mol. The molecule has 30 heavy (non-hydrogen) atoms. The average Bonchev–Trinajstić information content (AvgIpc) is 3.36. The maximum Gasteiger partial charge on any atom is 0.142 e. The van der Waals surface area contributed by atoms with Gasteiger partial charge in [0, 0.05) is 31.7 Å². The highest BCUT2D eigenvalue weighted by atomic mass is 32.1. The van der Waals surface area contributed by atoms with Crippen molar-refractivity contribution >= 4 is 39.3 Å². The summed E-state index contributed by atoms with van der Waals surface area (Å²) in [5.74, 6) is 1.59. The molecule has 0 saturated carbocycles. The number of anilines is 2. The molecule has 0 saturated heterocycles. The van der Waals surface area contributed by atoms with Crippen molar-refractivity contribution in [3.05, 3.63) is 40.0 Å². The fourth-order valence-electron chi connectivity index (χ4n) is 4.42. The standard InChI is InChI=1S/C22H24N4O3S/c1-27-11-22(29-3)5-4-15-18(8-22)30-21-19(15)20(24-12-25-21)26-16-6-13-9-23-10-14(13)7-17(16)28-2/h6-7,9,12H,4-5,8,10-11H2,1-3H3,(H,24,25,26)/t22-/m1/s1. The van der Waals surface area contributed by atoms with Gasteiger partial charge in [0.15, 0.2) is 0 Å². The minimum atomic E-state index is -0.272. The number of aliphatic imine (C=N–C) groups is 1. The summed E-state index contributed by atoms with van der Waals surface area (Å²) in [5.41, 5.74) is 4.20. The third-order valence-corrected chi connectivity index (χ3v) is 7.17. The molecule has 5 rings (SSSR count). The summed E-state index contributed by atoms with van der Waals surface area (Å²) in [5, 5.41) is 4.60. The predicted molar refractivity (Wildman–Crippen MR) is 119 cm³/mol. The first-order valence-corrected chi connectivity index (χ1v) is 10.7. The number of thiophene rings is 1. The Labute approximate surface area is 179 Å². The van der Waals surface area contributed by atoms with Gasteiger partial charge in [-0.15, -0.1) is 11.3 Å². The lowest BCUT2D eigenvalue weighted by atomic mass is 9.84. The second-order valence-corrected chi connectivity index (χ2v) is 8.83. The highest BCUT2D eigenvalue weighted by Crippen LogP contribution is 2.43. The normalized spacial score (nSPS) is 19.7. The molecule has 0 unspecified atom stereocenters. The lowest BCUT2D eigenvalue weighted by Gasteiger charge is -2.35. The molecule has 0 amide bonds. The minimum Gasteiger partial charge on any atom is -0.495 e. The molecule has 156 valence electrons. The van der Waals surface area contributed by atoms with Crippen LogP contribution in [-0.4, -0.2) is 49.7 Å². The van der Waals surface area contributed by atoms with E-state index in [1.54, 1.807) is 39.0 Å². The van der Waals surface area contributed by atoms with Crippen LogP contribution in [0.5, 0.6) is 5.75 Å².